The minimum atomic E-state index is -0.0808. The molecule has 0 saturated carbocycles. The van der Waals surface area contributed by atoms with Gasteiger partial charge in [-0.1, -0.05) is 35.4 Å². The Labute approximate surface area is 137 Å². The molecule has 1 heterocycles. The standard InChI is InChI=1S/C17H15BrClNO/c1-10-6-7-14-11(8-10)9-15(21-14)17(20-2)12-4-3-5-13(18)16(12)19/h3-9,17,20H,1-2H3. The van der Waals surface area contributed by atoms with E-state index in [-0.39, 0.29) is 6.04 Å². The van der Waals surface area contributed by atoms with Gasteiger partial charge < -0.3 is 9.73 Å². The molecule has 0 spiro atoms. The van der Waals surface area contributed by atoms with Gasteiger partial charge in [-0.15, -0.1) is 0 Å². The molecule has 1 N–H and O–H groups in total. The zero-order valence-corrected chi connectivity index (χ0v) is 14.1. The molecule has 0 saturated heterocycles. The number of nitrogens with one attached hydrogen (secondary N) is 1. The lowest BCUT2D eigenvalue weighted by atomic mass is 10.0. The van der Waals surface area contributed by atoms with E-state index in [1.807, 2.05) is 31.3 Å². The van der Waals surface area contributed by atoms with E-state index in [2.05, 4.69) is 46.4 Å². The van der Waals surface area contributed by atoms with Crippen molar-refractivity contribution in [2.45, 2.75) is 13.0 Å². The van der Waals surface area contributed by atoms with Crippen LogP contribution in [0.25, 0.3) is 11.0 Å². The van der Waals surface area contributed by atoms with Crippen molar-refractivity contribution in [2.75, 3.05) is 7.05 Å². The second-order valence-electron chi connectivity index (χ2n) is 5.05. The SMILES string of the molecule is CNC(c1cc2cc(C)ccc2o1)c1cccc(Br)c1Cl. The van der Waals surface area contributed by atoms with Crippen molar-refractivity contribution in [3.8, 4) is 0 Å². The van der Waals surface area contributed by atoms with E-state index in [1.54, 1.807) is 0 Å². The third kappa shape index (κ3) is 2.73. The zero-order valence-electron chi connectivity index (χ0n) is 11.8. The summed E-state index contributed by atoms with van der Waals surface area (Å²) in [6.45, 7) is 2.08. The molecule has 0 aliphatic carbocycles. The average molecular weight is 365 g/mol. The summed E-state index contributed by atoms with van der Waals surface area (Å²) in [7, 11) is 1.90. The maximum Gasteiger partial charge on any atom is 0.134 e. The maximum absolute atomic E-state index is 6.41. The molecule has 0 amide bonds. The number of halogens is 2. The molecule has 0 aliphatic heterocycles. The van der Waals surface area contributed by atoms with E-state index in [4.69, 9.17) is 16.0 Å². The predicted octanol–water partition coefficient (Wildman–Crippen LogP) is 5.47. The minimum Gasteiger partial charge on any atom is -0.459 e. The highest BCUT2D eigenvalue weighted by atomic mass is 79.9. The Morgan fingerprint density at radius 2 is 2.00 bits per heavy atom. The molecule has 3 rings (SSSR count). The van der Waals surface area contributed by atoms with Gasteiger partial charge >= 0.3 is 0 Å². The number of fused-ring (bicyclic) bond motifs is 1. The van der Waals surface area contributed by atoms with Crippen molar-refractivity contribution in [1.82, 2.24) is 5.32 Å². The number of hydrogen-bond donors (Lipinski definition) is 1. The summed E-state index contributed by atoms with van der Waals surface area (Å²) in [5.74, 6) is 0.859. The fourth-order valence-corrected chi connectivity index (χ4v) is 3.14. The Kier molecular flexibility index (Phi) is 4.07. The minimum absolute atomic E-state index is 0.0808. The van der Waals surface area contributed by atoms with Crippen molar-refractivity contribution < 1.29 is 4.42 Å². The molecule has 1 unspecified atom stereocenters. The number of hydrogen-bond acceptors (Lipinski definition) is 2. The second kappa shape index (κ2) is 5.84. The summed E-state index contributed by atoms with van der Waals surface area (Å²) >= 11 is 9.88. The molecule has 1 aromatic heterocycles. The number of rotatable bonds is 3. The molecule has 0 fully saturated rings. The van der Waals surface area contributed by atoms with Crippen molar-refractivity contribution in [3.05, 3.63) is 68.8 Å². The van der Waals surface area contributed by atoms with Crippen molar-refractivity contribution in [2.24, 2.45) is 0 Å². The smallest absolute Gasteiger partial charge is 0.134 e. The molecule has 108 valence electrons. The van der Waals surface area contributed by atoms with Crippen LogP contribution in [0.5, 0.6) is 0 Å². The van der Waals surface area contributed by atoms with Gasteiger partial charge in [0, 0.05) is 9.86 Å². The Morgan fingerprint density at radius 3 is 2.76 bits per heavy atom. The van der Waals surface area contributed by atoms with Gasteiger partial charge in [-0.2, -0.15) is 0 Å². The Morgan fingerprint density at radius 1 is 1.19 bits per heavy atom. The van der Waals surface area contributed by atoms with E-state index in [0.29, 0.717) is 5.02 Å². The van der Waals surface area contributed by atoms with Crippen LogP contribution in [-0.2, 0) is 0 Å². The Balaban J connectivity index is 2.11. The lowest BCUT2D eigenvalue weighted by molar-refractivity contribution is 0.491. The summed E-state index contributed by atoms with van der Waals surface area (Å²) in [6, 6.07) is 14.1. The summed E-state index contributed by atoms with van der Waals surface area (Å²) in [4.78, 5) is 0. The van der Waals surface area contributed by atoms with Gasteiger partial charge in [0.25, 0.3) is 0 Å². The Bertz CT molecular complexity index is 797. The first-order valence-corrected chi connectivity index (χ1v) is 7.88. The number of furan rings is 1. The summed E-state index contributed by atoms with van der Waals surface area (Å²) in [5, 5.41) is 5.09. The van der Waals surface area contributed by atoms with E-state index < -0.39 is 0 Å². The van der Waals surface area contributed by atoms with Crippen LogP contribution in [0, 0.1) is 6.92 Å². The monoisotopic (exact) mass is 363 g/mol. The van der Waals surface area contributed by atoms with E-state index in [0.717, 1.165) is 26.8 Å². The van der Waals surface area contributed by atoms with Crippen LogP contribution in [0.15, 0.2) is 51.4 Å². The zero-order chi connectivity index (χ0) is 15.0. The second-order valence-corrected chi connectivity index (χ2v) is 6.29. The highest BCUT2D eigenvalue weighted by Crippen LogP contribution is 2.35. The molecule has 3 aromatic rings. The van der Waals surface area contributed by atoms with Gasteiger partial charge in [0.2, 0.25) is 0 Å². The average Bonchev–Trinajstić information content (AvgIpc) is 2.87. The van der Waals surface area contributed by atoms with Crippen LogP contribution in [0.4, 0.5) is 0 Å². The quantitative estimate of drug-likeness (QED) is 0.667. The third-order valence-corrected chi connectivity index (χ3v) is 4.87. The van der Waals surface area contributed by atoms with Crippen LogP contribution in [0.2, 0.25) is 5.02 Å². The predicted molar refractivity (Wildman–Crippen MR) is 91.0 cm³/mol. The number of aryl methyl sites for hydroxylation is 1. The topological polar surface area (TPSA) is 25.2 Å². The highest BCUT2D eigenvalue weighted by Gasteiger charge is 2.20. The summed E-state index contributed by atoms with van der Waals surface area (Å²) in [6.07, 6.45) is 0. The van der Waals surface area contributed by atoms with Gasteiger partial charge in [-0.05, 0) is 59.7 Å². The van der Waals surface area contributed by atoms with Gasteiger partial charge in [0.15, 0.2) is 0 Å². The summed E-state index contributed by atoms with van der Waals surface area (Å²) < 4.78 is 6.87. The lowest BCUT2D eigenvalue weighted by Crippen LogP contribution is -2.17. The van der Waals surface area contributed by atoms with Gasteiger partial charge in [-0.3, -0.25) is 0 Å². The molecule has 21 heavy (non-hydrogen) atoms. The largest absolute Gasteiger partial charge is 0.459 e. The van der Waals surface area contributed by atoms with Crippen molar-refractivity contribution in [1.29, 1.82) is 0 Å². The molecule has 4 heteroatoms. The van der Waals surface area contributed by atoms with Gasteiger partial charge in [0.05, 0.1) is 11.1 Å². The van der Waals surface area contributed by atoms with E-state index >= 15 is 0 Å². The van der Waals surface area contributed by atoms with Crippen molar-refractivity contribution in [3.63, 3.8) is 0 Å². The normalized spacial score (nSPS) is 12.8. The van der Waals surface area contributed by atoms with Crippen molar-refractivity contribution >= 4 is 38.5 Å². The van der Waals surface area contributed by atoms with E-state index in [1.165, 1.54) is 5.56 Å². The maximum atomic E-state index is 6.41. The lowest BCUT2D eigenvalue weighted by Gasteiger charge is -2.16. The molecule has 2 nitrogen and oxygen atoms in total. The Hall–Kier alpha value is -1.29. The molecule has 2 aromatic carbocycles. The van der Waals surface area contributed by atoms with Crippen LogP contribution < -0.4 is 5.32 Å². The molecular weight excluding hydrogens is 350 g/mol. The fourth-order valence-electron chi connectivity index (χ4n) is 2.52. The molecular formula is C17H15BrClNO. The first kappa shape index (κ1) is 14.6. The number of benzene rings is 2. The molecule has 1 atom stereocenters. The fraction of sp³-hybridized carbons (Fsp3) is 0.176. The van der Waals surface area contributed by atoms with Gasteiger partial charge in [0.1, 0.15) is 11.3 Å². The molecule has 0 bridgehead atoms. The van der Waals surface area contributed by atoms with Crippen LogP contribution in [0.1, 0.15) is 22.9 Å². The molecule has 0 radical (unpaired) electrons. The van der Waals surface area contributed by atoms with Gasteiger partial charge in [-0.25, -0.2) is 0 Å². The summed E-state index contributed by atoms with van der Waals surface area (Å²) in [5.41, 5.74) is 3.10. The first-order valence-electron chi connectivity index (χ1n) is 6.71. The van der Waals surface area contributed by atoms with E-state index in [9.17, 15) is 0 Å². The van der Waals surface area contributed by atoms with Crippen LogP contribution in [0.3, 0.4) is 0 Å². The third-order valence-electron chi connectivity index (χ3n) is 3.56. The van der Waals surface area contributed by atoms with Crippen LogP contribution in [-0.4, -0.2) is 7.05 Å². The van der Waals surface area contributed by atoms with Crippen LogP contribution >= 0.6 is 27.5 Å². The highest BCUT2D eigenvalue weighted by molar-refractivity contribution is 9.10. The first-order chi connectivity index (χ1) is 10.1. The molecule has 0 aliphatic rings.